The van der Waals surface area contributed by atoms with Crippen molar-refractivity contribution in [2.75, 3.05) is 11.9 Å². The van der Waals surface area contributed by atoms with Crippen molar-refractivity contribution in [1.29, 1.82) is 0 Å². The van der Waals surface area contributed by atoms with Gasteiger partial charge in [0.1, 0.15) is 0 Å². The van der Waals surface area contributed by atoms with Gasteiger partial charge < -0.3 is 10.6 Å². The molecule has 1 rings (SSSR count). The molecule has 0 aromatic heterocycles. The molecule has 0 saturated carbocycles. The summed E-state index contributed by atoms with van der Waals surface area (Å²) in [4.78, 5) is 22.7. The van der Waals surface area contributed by atoms with E-state index in [0.717, 1.165) is 12.1 Å². The number of rotatable bonds is 3. The van der Waals surface area contributed by atoms with Gasteiger partial charge in [-0.1, -0.05) is 17.7 Å². The highest BCUT2D eigenvalue weighted by Gasteiger charge is 2.31. The molecule has 0 aliphatic heterocycles. The van der Waals surface area contributed by atoms with Gasteiger partial charge in [0, 0.05) is 6.54 Å². The Morgan fingerprint density at radius 3 is 2.50 bits per heavy atom. The predicted molar refractivity (Wildman–Crippen MR) is 68.3 cm³/mol. The second kappa shape index (κ2) is 6.42. The minimum absolute atomic E-state index is 0.0581. The fourth-order valence-corrected chi connectivity index (χ4v) is 1.39. The van der Waals surface area contributed by atoms with E-state index in [4.69, 9.17) is 11.6 Å². The van der Waals surface area contributed by atoms with E-state index in [1.165, 1.54) is 6.08 Å². The molecule has 0 heterocycles. The topological polar surface area (TPSA) is 58.2 Å². The molecular weight excluding hydrogens is 297 g/mol. The summed E-state index contributed by atoms with van der Waals surface area (Å²) in [5, 5.41) is 4.09. The number of alkyl halides is 3. The minimum atomic E-state index is -4.57. The number of anilines is 1. The molecule has 0 atom stereocenters. The lowest BCUT2D eigenvalue weighted by Gasteiger charge is -2.11. The maximum Gasteiger partial charge on any atom is 0.416 e. The third-order valence-corrected chi connectivity index (χ3v) is 2.48. The van der Waals surface area contributed by atoms with Crippen molar-refractivity contribution >= 4 is 29.1 Å². The Morgan fingerprint density at radius 1 is 1.30 bits per heavy atom. The van der Waals surface area contributed by atoms with E-state index >= 15 is 0 Å². The standard InChI is InChI=1S/C12H10ClF3N2O2/c1-2-5-17-10(19)11(20)18-9-6-7(12(14,15)16)3-4-8(9)13/h2-4,6H,1,5H2,(H,17,19)(H,18,20). The summed E-state index contributed by atoms with van der Waals surface area (Å²) >= 11 is 5.67. The summed E-state index contributed by atoms with van der Waals surface area (Å²) in [6, 6.07) is 2.42. The van der Waals surface area contributed by atoms with Gasteiger partial charge in [0.05, 0.1) is 16.3 Å². The van der Waals surface area contributed by atoms with Gasteiger partial charge >= 0.3 is 18.0 Å². The van der Waals surface area contributed by atoms with Gasteiger partial charge in [0.15, 0.2) is 0 Å². The zero-order valence-electron chi connectivity index (χ0n) is 10.1. The van der Waals surface area contributed by atoms with Crippen LogP contribution in [-0.4, -0.2) is 18.4 Å². The van der Waals surface area contributed by atoms with Crippen LogP contribution in [0.2, 0.25) is 5.02 Å². The minimum Gasteiger partial charge on any atom is -0.344 e. The Kier molecular flexibility index (Phi) is 5.15. The number of halogens is 4. The third kappa shape index (κ3) is 4.27. The molecule has 0 bridgehead atoms. The van der Waals surface area contributed by atoms with Gasteiger partial charge in [-0.2, -0.15) is 13.2 Å². The van der Waals surface area contributed by atoms with Gasteiger partial charge in [0.25, 0.3) is 0 Å². The second-order valence-electron chi connectivity index (χ2n) is 3.65. The number of hydrogen-bond donors (Lipinski definition) is 2. The molecule has 0 aliphatic carbocycles. The van der Waals surface area contributed by atoms with Gasteiger partial charge in [-0.15, -0.1) is 6.58 Å². The fraction of sp³-hybridized carbons (Fsp3) is 0.167. The summed E-state index contributed by atoms with van der Waals surface area (Å²) in [5.74, 6) is -2.12. The molecule has 0 fully saturated rings. The van der Waals surface area contributed by atoms with Crippen molar-refractivity contribution in [3.63, 3.8) is 0 Å². The number of carbonyl (C=O) groups is 2. The first kappa shape index (κ1) is 16.0. The van der Waals surface area contributed by atoms with Crippen LogP contribution in [0.15, 0.2) is 30.9 Å². The Balaban J connectivity index is 2.89. The first-order valence-electron chi connectivity index (χ1n) is 5.32. The molecule has 0 radical (unpaired) electrons. The van der Waals surface area contributed by atoms with E-state index in [1.54, 1.807) is 0 Å². The summed E-state index contributed by atoms with van der Waals surface area (Å²) in [6.07, 6.45) is -3.22. The third-order valence-electron chi connectivity index (χ3n) is 2.16. The molecule has 1 aromatic rings. The molecule has 8 heteroatoms. The van der Waals surface area contributed by atoms with Crippen LogP contribution < -0.4 is 10.6 Å². The van der Waals surface area contributed by atoms with E-state index in [-0.39, 0.29) is 17.3 Å². The number of nitrogens with one attached hydrogen (secondary N) is 2. The molecule has 0 saturated heterocycles. The highest BCUT2D eigenvalue weighted by molar-refractivity contribution is 6.41. The molecular formula is C12H10ClF3N2O2. The summed E-state index contributed by atoms with van der Waals surface area (Å²) < 4.78 is 37.5. The Labute approximate surface area is 117 Å². The van der Waals surface area contributed by atoms with Crippen LogP contribution in [0.3, 0.4) is 0 Å². The van der Waals surface area contributed by atoms with Crippen molar-refractivity contribution < 1.29 is 22.8 Å². The van der Waals surface area contributed by atoms with Crippen LogP contribution in [0, 0.1) is 0 Å². The molecule has 1 aromatic carbocycles. The molecule has 2 N–H and O–H groups in total. The second-order valence-corrected chi connectivity index (χ2v) is 4.05. The van der Waals surface area contributed by atoms with Crippen LogP contribution in [0.25, 0.3) is 0 Å². The molecule has 0 aliphatic rings. The first-order valence-corrected chi connectivity index (χ1v) is 5.70. The number of amides is 2. The van der Waals surface area contributed by atoms with Gasteiger partial charge in [0.2, 0.25) is 0 Å². The van der Waals surface area contributed by atoms with Crippen LogP contribution in [0.5, 0.6) is 0 Å². The lowest BCUT2D eigenvalue weighted by molar-refractivity contribution is -0.137. The zero-order valence-corrected chi connectivity index (χ0v) is 10.8. The predicted octanol–water partition coefficient (Wildman–Crippen LogP) is 2.60. The van der Waals surface area contributed by atoms with E-state index in [0.29, 0.717) is 6.07 Å². The maximum atomic E-state index is 12.5. The molecule has 20 heavy (non-hydrogen) atoms. The SMILES string of the molecule is C=CCNC(=O)C(=O)Nc1cc(C(F)(F)F)ccc1Cl. The average Bonchev–Trinajstić information content (AvgIpc) is 2.37. The monoisotopic (exact) mass is 306 g/mol. The Bertz CT molecular complexity index is 544. The number of hydrogen-bond acceptors (Lipinski definition) is 2. The van der Waals surface area contributed by atoms with E-state index in [2.05, 4.69) is 11.9 Å². The van der Waals surface area contributed by atoms with Crippen molar-refractivity contribution in [2.24, 2.45) is 0 Å². The summed E-state index contributed by atoms with van der Waals surface area (Å²) in [7, 11) is 0. The van der Waals surface area contributed by atoms with Crippen LogP contribution >= 0.6 is 11.6 Å². The van der Waals surface area contributed by atoms with Gasteiger partial charge in [-0.25, -0.2) is 0 Å². The molecule has 0 unspecified atom stereocenters. The van der Waals surface area contributed by atoms with Gasteiger partial charge in [-0.05, 0) is 18.2 Å². The van der Waals surface area contributed by atoms with Crippen LogP contribution in [-0.2, 0) is 15.8 Å². The molecule has 4 nitrogen and oxygen atoms in total. The van der Waals surface area contributed by atoms with E-state index < -0.39 is 23.6 Å². The zero-order chi connectivity index (χ0) is 15.3. The Morgan fingerprint density at radius 2 is 1.95 bits per heavy atom. The Hall–Kier alpha value is -2.02. The highest BCUT2D eigenvalue weighted by atomic mass is 35.5. The van der Waals surface area contributed by atoms with Crippen molar-refractivity contribution in [1.82, 2.24) is 5.32 Å². The van der Waals surface area contributed by atoms with E-state index in [9.17, 15) is 22.8 Å². The lowest BCUT2D eigenvalue weighted by Crippen LogP contribution is -2.35. The highest BCUT2D eigenvalue weighted by Crippen LogP contribution is 2.33. The molecule has 2 amide bonds. The van der Waals surface area contributed by atoms with Gasteiger partial charge in [-0.3, -0.25) is 9.59 Å². The average molecular weight is 307 g/mol. The largest absolute Gasteiger partial charge is 0.416 e. The normalized spacial score (nSPS) is 10.8. The number of benzene rings is 1. The summed E-state index contributed by atoms with van der Waals surface area (Å²) in [5.41, 5.74) is -1.27. The smallest absolute Gasteiger partial charge is 0.344 e. The van der Waals surface area contributed by atoms with Crippen LogP contribution in [0.1, 0.15) is 5.56 Å². The van der Waals surface area contributed by atoms with Crippen LogP contribution in [0.4, 0.5) is 18.9 Å². The lowest BCUT2D eigenvalue weighted by atomic mass is 10.2. The number of carbonyl (C=O) groups excluding carboxylic acids is 2. The van der Waals surface area contributed by atoms with Crippen molar-refractivity contribution in [2.45, 2.75) is 6.18 Å². The summed E-state index contributed by atoms with van der Waals surface area (Å²) in [6.45, 7) is 3.39. The molecule has 108 valence electrons. The van der Waals surface area contributed by atoms with Crippen molar-refractivity contribution in [3.8, 4) is 0 Å². The first-order chi connectivity index (χ1) is 9.25. The quantitative estimate of drug-likeness (QED) is 0.666. The molecule has 0 spiro atoms. The maximum absolute atomic E-state index is 12.5. The van der Waals surface area contributed by atoms with Crippen molar-refractivity contribution in [3.05, 3.63) is 41.4 Å². The van der Waals surface area contributed by atoms with E-state index in [1.807, 2.05) is 5.32 Å². The fourth-order valence-electron chi connectivity index (χ4n) is 1.22.